The van der Waals surface area contributed by atoms with E-state index in [1.807, 2.05) is 37.3 Å². The Morgan fingerprint density at radius 1 is 1.02 bits per heavy atom. The second-order valence-corrected chi connectivity index (χ2v) is 13.2. The highest BCUT2D eigenvalue weighted by Crippen LogP contribution is 2.55. The van der Waals surface area contributed by atoms with Gasteiger partial charge in [0, 0.05) is 37.1 Å². The molecule has 1 saturated heterocycles. The summed E-state index contributed by atoms with van der Waals surface area (Å²) in [6.45, 7) is 5.76. The second-order valence-electron chi connectivity index (χ2n) is 10.9. The molecular formula is C30H33N7O4S. The van der Waals surface area contributed by atoms with Gasteiger partial charge in [0.1, 0.15) is 10.6 Å². The molecule has 1 aliphatic heterocycles. The van der Waals surface area contributed by atoms with Crippen molar-refractivity contribution in [3.63, 3.8) is 0 Å². The van der Waals surface area contributed by atoms with Crippen molar-refractivity contribution in [1.29, 1.82) is 0 Å². The molecule has 0 radical (unpaired) electrons. The maximum atomic E-state index is 14.0. The van der Waals surface area contributed by atoms with Crippen LogP contribution in [0.4, 0.5) is 22.0 Å². The van der Waals surface area contributed by atoms with Crippen molar-refractivity contribution in [3.05, 3.63) is 78.2 Å². The zero-order chi connectivity index (χ0) is 29.5. The lowest BCUT2D eigenvalue weighted by molar-refractivity contribution is 0.0985. The van der Waals surface area contributed by atoms with Crippen LogP contribution >= 0.6 is 0 Å². The van der Waals surface area contributed by atoms with E-state index >= 15 is 0 Å². The molecule has 0 spiro atoms. The fourth-order valence-corrected chi connectivity index (χ4v) is 7.18. The van der Waals surface area contributed by atoms with Gasteiger partial charge in [-0.1, -0.05) is 17.7 Å². The summed E-state index contributed by atoms with van der Waals surface area (Å²) >= 11 is 0. The van der Waals surface area contributed by atoms with E-state index < -0.39 is 20.6 Å². The minimum absolute atomic E-state index is 0.0723. The number of morpholine rings is 1. The lowest BCUT2D eigenvalue weighted by Crippen LogP contribution is -2.44. The molecule has 1 saturated carbocycles. The molecule has 0 unspecified atom stereocenters. The molecule has 1 atom stereocenters. The summed E-state index contributed by atoms with van der Waals surface area (Å²) in [4.78, 5) is 24.6. The van der Waals surface area contributed by atoms with Crippen LogP contribution in [0.1, 0.15) is 31.0 Å². The molecule has 12 heteroatoms. The summed E-state index contributed by atoms with van der Waals surface area (Å²) in [7, 11) is -1.92. The maximum absolute atomic E-state index is 14.0. The number of carbonyl (C=O) groups excluding carboxylic acids is 1. The highest BCUT2D eigenvalue weighted by molar-refractivity contribution is 7.92. The van der Waals surface area contributed by atoms with Crippen LogP contribution in [0.5, 0.6) is 0 Å². The number of nitrogens with one attached hydrogen (secondary N) is 2. The highest BCUT2D eigenvalue weighted by Gasteiger charge is 2.58. The van der Waals surface area contributed by atoms with Crippen LogP contribution in [0.2, 0.25) is 0 Å². The number of aryl methyl sites for hydroxylation is 2. The van der Waals surface area contributed by atoms with Gasteiger partial charge in [-0.2, -0.15) is 5.10 Å². The highest BCUT2D eigenvalue weighted by atomic mass is 32.2. The molecule has 4 aromatic rings. The topological polar surface area (TPSA) is 131 Å². The van der Waals surface area contributed by atoms with Crippen LogP contribution in [0.15, 0.2) is 71.9 Å². The Hall–Kier alpha value is -4.29. The number of sulfone groups is 1. The summed E-state index contributed by atoms with van der Waals surface area (Å²) in [6.07, 6.45) is 4.25. The quantitative estimate of drug-likeness (QED) is 0.323. The summed E-state index contributed by atoms with van der Waals surface area (Å²) in [5.74, 6) is 1.10. The molecule has 6 rings (SSSR count). The summed E-state index contributed by atoms with van der Waals surface area (Å²) in [5, 5.41) is 9.59. The Bertz CT molecular complexity index is 1720. The van der Waals surface area contributed by atoms with Crippen LogP contribution in [-0.4, -0.2) is 60.0 Å². The van der Waals surface area contributed by atoms with E-state index in [0.29, 0.717) is 71.8 Å². The third kappa shape index (κ3) is 5.35. The zero-order valence-electron chi connectivity index (χ0n) is 23.7. The Morgan fingerprint density at radius 2 is 1.74 bits per heavy atom. The zero-order valence-corrected chi connectivity index (χ0v) is 24.6. The van der Waals surface area contributed by atoms with Crippen molar-refractivity contribution in [2.24, 2.45) is 7.05 Å². The van der Waals surface area contributed by atoms with Crippen LogP contribution in [0.3, 0.4) is 0 Å². The van der Waals surface area contributed by atoms with Crippen molar-refractivity contribution < 1.29 is 17.9 Å². The second kappa shape index (κ2) is 10.8. The minimum atomic E-state index is -3.70. The minimum Gasteiger partial charge on any atom is -0.377 e. The molecule has 2 fully saturated rings. The number of carbonyl (C=O) groups is 1. The number of amides is 2. The first-order chi connectivity index (χ1) is 20.1. The lowest BCUT2D eigenvalue weighted by Gasteiger charge is -2.34. The van der Waals surface area contributed by atoms with Gasteiger partial charge in [0.2, 0.25) is 0 Å². The smallest absolute Gasteiger partial charge is 0.323 e. The number of aromatic nitrogens is 4. The van der Waals surface area contributed by atoms with Gasteiger partial charge in [-0.05, 0) is 63.1 Å². The molecule has 2 N–H and O–H groups in total. The van der Waals surface area contributed by atoms with E-state index in [-0.39, 0.29) is 6.04 Å². The molecule has 1 aliphatic carbocycles. The van der Waals surface area contributed by atoms with Gasteiger partial charge < -0.3 is 20.3 Å². The summed E-state index contributed by atoms with van der Waals surface area (Å²) in [6, 6.07) is 15.7. The average molecular weight is 588 g/mol. The van der Waals surface area contributed by atoms with Crippen LogP contribution in [0, 0.1) is 6.92 Å². The van der Waals surface area contributed by atoms with Crippen LogP contribution in [-0.2, 0) is 26.4 Å². The Kier molecular flexibility index (Phi) is 7.19. The first-order valence-corrected chi connectivity index (χ1v) is 15.4. The number of benzene rings is 2. The number of hydrogen-bond donors (Lipinski definition) is 2. The van der Waals surface area contributed by atoms with E-state index in [0.717, 1.165) is 5.56 Å². The number of nitrogens with zero attached hydrogens (tertiary/aromatic N) is 5. The standard InChI is InChI=1S/C30H33N7O4S/c1-20-4-10-25(11-5-20)42(39,40)30(12-13-30)26-16-27(37-14-15-41-19-21(37)2)35-28(34-26)22-6-8-23(9-7-22)32-29(38)33-24-17-31-36(3)18-24/h4-11,16-18,21H,12-15,19H2,1-3H3,(H2,32,33,38)/t21-/m0/s1. The van der Waals surface area contributed by atoms with Crippen molar-refractivity contribution in [3.8, 4) is 11.4 Å². The molecule has 218 valence electrons. The van der Waals surface area contributed by atoms with Gasteiger partial charge in [-0.15, -0.1) is 0 Å². The van der Waals surface area contributed by atoms with E-state index in [1.165, 1.54) is 0 Å². The Labute approximate surface area is 244 Å². The largest absolute Gasteiger partial charge is 0.377 e. The molecule has 42 heavy (non-hydrogen) atoms. The van der Waals surface area contributed by atoms with Crippen molar-refractivity contribution in [1.82, 2.24) is 19.7 Å². The Morgan fingerprint density at radius 3 is 2.38 bits per heavy atom. The molecule has 2 aromatic heterocycles. The normalized spacial score (nSPS) is 18.0. The number of urea groups is 1. The predicted molar refractivity (Wildman–Crippen MR) is 160 cm³/mol. The van der Waals surface area contributed by atoms with E-state index in [9.17, 15) is 13.2 Å². The van der Waals surface area contributed by atoms with Gasteiger partial charge in [0.15, 0.2) is 15.7 Å². The van der Waals surface area contributed by atoms with E-state index in [2.05, 4.69) is 27.6 Å². The number of anilines is 3. The SMILES string of the molecule is Cc1ccc(S(=O)(=O)C2(c3cc(N4CCOC[C@@H]4C)nc(-c4ccc(NC(=O)Nc5cnn(C)c5)cc4)n3)CC2)cc1. The lowest BCUT2D eigenvalue weighted by atomic mass is 10.1. The Balaban J connectivity index is 1.33. The molecule has 2 aromatic carbocycles. The first kappa shape index (κ1) is 27.9. The number of ether oxygens (including phenoxy) is 1. The van der Waals surface area contributed by atoms with E-state index in [4.69, 9.17) is 14.7 Å². The van der Waals surface area contributed by atoms with Crippen LogP contribution in [0.25, 0.3) is 11.4 Å². The molecular weight excluding hydrogens is 554 g/mol. The molecule has 0 bridgehead atoms. The van der Waals surface area contributed by atoms with E-state index in [1.54, 1.807) is 48.4 Å². The van der Waals surface area contributed by atoms with Gasteiger partial charge in [-0.3, -0.25) is 4.68 Å². The fourth-order valence-electron chi connectivity index (χ4n) is 5.21. The van der Waals surface area contributed by atoms with Gasteiger partial charge >= 0.3 is 6.03 Å². The van der Waals surface area contributed by atoms with Gasteiger partial charge in [0.05, 0.1) is 41.7 Å². The summed E-state index contributed by atoms with van der Waals surface area (Å²) < 4.78 is 34.1. The maximum Gasteiger partial charge on any atom is 0.323 e. The third-order valence-corrected chi connectivity index (χ3v) is 10.3. The van der Waals surface area contributed by atoms with Crippen molar-refractivity contribution in [2.45, 2.75) is 42.4 Å². The average Bonchev–Trinajstić information content (AvgIpc) is 3.71. The summed E-state index contributed by atoms with van der Waals surface area (Å²) in [5.41, 5.74) is 3.37. The predicted octanol–water partition coefficient (Wildman–Crippen LogP) is 4.52. The van der Waals surface area contributed by atoms with Gasteiger partial charge in [0.25, 0.3) is 0 Å². The van der Waals surface area contributed by atoms with Crippen molar-refractivity contribution in [2.75, 3.05) is 35.3 Å². The van der Waals surface area contributed by atoms with Gasteiger partial charge in [-0.25, -0.2) is 23.2 Å². The van der Waals surface area contributed by atoms with Crippen LogP contribution < -0.4 is 15.5 Å². The fraction of sp³-hybridized carbons (Fsp3) is 0.333. The number of rotatable bonds is 7. The third-order valence-electron chi connectivity index (χ3n) is 7.75. The number of hydrogen-bond acceptors (Lipinski definition) is 8. The molecule has 11 nitrogen and oxygen atoms in total. The molecule has 2 aliphatic rings. The first-order valence-electron chi connectivity index (χ1n) is 13.9. The molecule has 2 amide bonds. The monoisotopic (exact) mass is 587 g/mol. The molecule has 3 heterocycles. The van der Waals surface area contributed by atoms with Crippen molar-refractivity contribution >= 4 is 33.1 Å².